The van der Waals surface area contributed by atoms with Crippen molar-refractivity contribution >= 4 is 5.69 Å². The average Bonchev–Trinajstić information content (AvgIpc) is 2.30. The molecule has 0 aliphatic heterocycles. The van der Waals surface area contributed by atoms with Gasteiger partial charge in [0.05, 0.1) is 0 Å². The van der Waals surface area contributed by atoms with Gasteiger partial charge in [-0.3, -0.25) is 0 Å². The number of aryl methyl sites for hydroxylation is 2. The molecule has 0 fully saturated rings. The van der Waals surface area contributed by atoms with Crippen LogP contribution in [0.3, 0.4) is 0 Å². The molecule has 0 aromatic heterocycles. The molecule has 0 atom stereocenters. The van der Waals surface area contributed by atoms with Crippen molar-refractivity contribution in [2.24, 2.45) is 0 Å². The maximum Gasteiger partial charge on any atom is 0.123 e. The Labute approximate surface area is 101 Å². The monoisotopic (exact) mass is 229 g/mol. The molecule has 2 rings (SSSR count). The Balaban J connectivity index is 2.04. The van der Waals surface area contributed by atoms with Crippen LogP contribution in [0.25, 0.3) is 0 Å². The fraction of sp³-hybridized carbons (Fsp3) is 0.200. The first-order chi connectivity index (χ1) is 8.15. The molecule has 17 heavy (non-hydrogen) atoms. The third-order valence-corrected chi connectivity index (χ3v) is 2.83. The number of rotatable bonds is 3. The van der Waals surface area contributed by atoms with Gasteiger partial charge in [-0.25, -0.2) is 4.39 Å². The highest BCUT2D eigenvalue weighted by Crippen LogP contribution is 2.14. The minimum atomic E-state index is -0.206. The van der Waals surface area contributed by atoms with E-state index in [-0.39, 0.29) is 5.82 Å². The first-order valence-corrected chi connectivity index (χ1v) is 5.71. The van der Waals surface area contributed by atoms with Crippen molar-refractivity contribution in [3.63, 3.8) is 0 Å². The summed E-state index contributed by atoms with van der Waals surface area (Å²) in [4.78, 5) is 0. The molecule has 0 aliphatic rings. The van der Waals surface area contributed by atoms with Crippen molar-refractivity contribution in [3.8, 4) is 0 Å². The van der Waals surface area contributed by atoms with Crippen molar-refractivity contribution in [2.75, 3.05) is 5.32 Å². The molecule has 0 saturated carbocycles. The lowest BCUT2D eigenvalue weighted by Gasteiger charge is -2.09. The summed E-state index contributed by atoms with van der Waals surface area (Å²) >= 11 is 0. The second-order valence-corrected chi connectivity index (χ2v) is 4.29. The smallest absolute Gasteiger partial charge is 0.123 e. The minimum absolute atomic E-state index is 0.206. The fourth-order valence-corrected chi connectivity index (χ4v) is 1.81. The summed E-state index contributed by atoms with van der Waals surface area (Å²) in [6.07, 6.45) is 0. The molecule has 0 unspecified atom stereocenters. The predicted molar refractivity (Wildman–Crippen MR) is 69.6 cm³/mol. The van der Waals surface area contributed by atoms with Crippen LogP contribution in [0.1, 0.15) is 16.7 Å². The molecule has 2 heteroatoms. The lowest BCUT2D eigenvalue weighted by molar-refractivity contribution is 0.628. The zero-order valence-electron chi connectivity index (χ0n) is 10.1. The van der Waals surface area contributed by atoms with Gasteiger partial charge in [0.2, 0.25) is 0 Å². The Bertz CT molecular complexity index is 503. The highest BCUT2D eigenvalue weighted by Gasteiger charge is 1.99. The van der Waals surface area contributed by atoms with Gasteiger partial charge in [-0.05, 0) is 49.2 Å². The van der Waals surface area contributed by atoms with Crippen molar-refractivity contribution in [3.05, 3.63) is 65.0 Å². The summed E-state index contributed by atoms with van der Waals surface area (Å²) in [5.41, 5.74) is 4.75. The molecular weight excluding hydrogens is 213 g/mol. The molecule has 0 saturated heterocycles. The summed E-state index contributed by atoms with van der Waals surface area (Å²) in [7, 11) is 0. The molecule has 0 aliphatic carbocycles. The normalized spacial score (nSPS) is 10.3. The number of halogens is 1. The highest BCUT2D eigenvalue weighted by atomic mass is 19.1. The van der Waals surface area contributed by atoms with Gasteiger partial charge in [-0.15, -0.1) is 0 Å². The molecule has 88 valence electrons. The molecule has 0 bridgehead atoms. The Morgan fingerprint density at radius 1 is 1.00 bits per heavy atom. The van der Waals surface area contributed by atoms with Crippen molar-refractivity contribution in [2.45, 2.75) is 20.4 Å². The van der Waals surface area contributed by atoms with E-state index in [1.54, 1.807) is 12.1 Å². The summed E-state index contributed by atoms with van der Waals surface area (Å²) in [5, 5.41) is 3.28. The number of hydrogen-bond acceptors (Lipinski definition) is 1. The number of hydrogen-bond donors (Lipinski definition) is 1. The highest BCUT2D eigenvalue weighted by molar-refractivity contribution is 5.44. The van der Waals surface area contributed by atoms with Crippen LogP contribution in [-0.2, 0) is 6.54 Å². The zero-order chi connectivity index (χ0) is 12.3. The number of benzene rings is 2. The molecule has 1 nitrogen and oxygen atoms in total. The Morgan fingerprint density at radius 3 is 2.35 bits per heavy atom. The van der Waals surface area contributed by atoms with Crippen molar-refractivity contribution in [1.29, 1.82) is 0 Å². The summed E-state index contributed by atoms with van der Waals surface area (Å²) in [6, 6.07) is 12.8. The van der Waals surface area contributed by atoms with E-state index in [1.165, 1.54) is 28.8 Å². The standard InChI is InChI=1S/C15H16FN/c1-11-3-4-13(12(2)9-11)10-17-15-7-5-14(16)6-8-15/h3-9,17H,10H2,1-2H3. The fourth-order valence-electron chi connectivity index (χ4n) is 1.81. The van der Waals surface area contributed by atoms with Gasteiger partial charge >= 0.3 is 0 Å². The number of anilines is 1. The van der Waals surface area contributed by atoms with Crippen LogP contribution in [0.15, 0.2) is 42.5 Å². The molecular formula is C15H16FN. The third-order valence-electron chi connectivity index (χ3n) is 2.83. The van der Waals surface area contributed by atoms with E-state index in [0.717, 1.165) is 12.2 Å². The summed E-state index contributed by atoms with van der Waals surface area (Å²) in [5.74, 6) is -0.206. The topological polar surface area (TPSA) is 12.0 Å². The molecule has 0 radical (unpaired) electrons. The van der Waals surface area contributed by atoms with Crippen LogP contribution in [0.5, 0.6) is 0 Å². The molecule has 0 heterocycles. The van der Waals surface area contributed by atoms with Crippen molar-refractivity contribution < 1.29 is 4.39 Å². The predicted octanol–water partition coefficient (Wildman–Crippen LogP) is 4.05. The average molecular weight is 229 g/mol. The summed E-state index contributed by atoms with van der Waals surface area (Å²) in [6.45, 7) is 4.95. The lowest BCUT2D eigenvalue weighted by atomic mass is 10.1. The first kappa shape index (κ1) is 11.6. The third kappa shape index (κ3) is 3.06. The Morgan fingerprint density at radius 2 is 1.71 bits per heavy atom. The van der Waals surface area contributed by atoms with Gasteiger partial charge in [0.15, 0.2) is 0 Å². The van der Waals surface area contributed by atoms with E-state index in [9.17, 15) is 4.39 Å². The Hall–Kier alpha value is -1.83. The van der Waals surface area contributed by atoms with Crippen LogP contribution in [0.2, 0.25) is 0 Å². The van der Waals surface area contributed by atoms with E-state index in [4.69, 9.17) is 0 Å². The molecule has 2 aromatic rings. The molecule has 2 aromatic carbocycles. The molecule has 1 N–H and O–H groups in total. The maximum atomic E-state index is 12.7. The van der Waals surface area contributed by atoms with Crippen molar-refractivity contribution in [1.82, 2.24) is 0 Å². The Kier molecular flexibility index (Phi) is 3.43. The maximum absolute atomic E-state index is 12.7. The van der Waals surface area contributed by atoms with Crippen LogP contribution in [-0.4, -0.2) is 0 Å². The summed E-state index contributed by atoms with van der Waals surface area (Å²) < 4.78 is 12.7. The SMILES string of the molecule is Cc1ccc(CNc2ccc(F)cc2)c(C)c1. The van der Waals surface area contributed by atoms with Crippen LogP contribution in [0.4, 0.5) is 10.1 Å². The lowest BCUT2D eigenvalue weighted by Crippen LogP contribution is -2.01. The van der Waals surface area contributed by atoms with Gasteiger partial charge in [-0.2, -0.15) is 0 Å². The zero-order valence-corrected chi connectivity index (χ0v) is 10.1. The number of nitrogens with one attached hydrogen (secondary N) is 1. The van der Waals surface area contributed by atoms with E-state index >= 15 is 0 Å². The van der Waals surface area contributed by atoms with Gasteiger partial charge in [-0.1, -0.05) is 23.8 Å². The van der Waals surface area contributed by atoms with Gasteiger partial charge < -0.3 is 5.32 Å². The van der Waals surface area contributed by atoms with Crippen LogP contribution < -0.4 is 5.32 Å². The van der Waals surface area contributed by atoms with E-state index in [2.05, 4.69) is 37.4 Å². The molecule has 0 amide bonds. The van der Waals surface area contributed by atoms with E-state index in [0.29, 0.717) is 0 Å². The second kappa shape index (κ2) is 5.00. The molecule has 0 spiro atoms. The largest absolute Gasteiger partial charge is 0.381 e. The van der Waals surface area contributed by atoms with Crippen LogP contribution >= 0.6 is 0 Å². The van der Waals surface area contributed by atoms with Gasteiger partial charge in [0.1, 0.15) is 5.82 Å². The quantitative estimate of drug-likeness (QED) is 0.837. The first-order valence-electron chi connectivity index (χ1n) is 5.71. The van der Waals surface area contributed by atoms with Gasteiger partial charge in [0.25, 0.3) is 0 Å². The van der Waals surface area contributed by atoms with Crippen LogP contribution in [0, 0.1) is 19.7 Å². The second-order valence-electron chi connectivity index (χ2n) is 4.29. The van der Waals surface area contributed by atoms with Gasteiger partial charge in [0, 0.05) is 12.2 Å². The van der Waals surface area contributed by atoms with E-state index in [1.807, 2.05) is 0 Å². The van der Waals surface area contributed by atoms with E-state index < -0.39 is 0 Å². The minimum Gasteiger partial charge on any atom is -0.381 e.